The fourth-order valence-corrected chi connectivity index (χ4v) is 1.15. The molecule has 0 N–H and O–H groups in total. The van der Waals surface area contributed by atoms with Crippen LogP contribution in [0.25, 0.3) is 0 Å². The van der Waals surface area contributed by atoms with E-state index in [-0.39, 0.29) is 5.41 Å². The zero-order chi connectivity index (χ0) is 12.0. The van der Waals surface area contributed by atoms with Crippen LogP contribution in [0.15, 0.2) is 24.3 Å². The van der Waals surface area contributed by atoms with Gasteiger partial charge in [-0.15, -0.1) is 0 Å². The Morgan fingerprint density at radius 2 is 1.44 bits per heavy atom. The summed E-state index contributed by atoms with van der Waals surface area (Å²) in [7, 11) is 0. The summed E-state index contributed by atoms with van der Waals surface area (Å²) in [6.07, 6.45) is 1.03. The van der Waals surface area contributed by atoms with Gasteiger partial charge in [-0.2, -0.15) is 0 Å². The Morgan fingerprint density at radius 3 is 1.88 bits per heavy atom. The lowest BCUT2D eigenvalue weighted by Gasteiger charge is -2.18. The number of hydrogen-bond donors (Lipinski definition) is 0. The fourth-order valence-electron chi connectivity index (χ4n) is 1.15. The van der Waals surface area contributed by atoms with Crippen LogP contribution in [0.4, 0.5) is 0 Å². The first-order chi connectivity index (χ1) is 7.51. The standard InChI is InChI=1S/C14H22O2/c1-5-10-15-12-6-8-13(9-7-12)16-11-14(2,3)4/h6-9H,5,10-11H2,1-4H3. The molecule has 0 spiro atoms. The minimum Gasteiger partial charge on any atom is -0.494 e. The maximum atomic E-state index is 5.67. The molecule has 1 aromatic carbocycles. The van der Waals surface area contributed by atoms with Crippen molar-refractivity contribution in [1.82, 2.24) is 0 Å². The maximum absolute atomic E-state index is 5.67. The van der Waals surface area contributed by atoms with Gasteiger partial charge >= 0.3 is 0 Å². The van der Waals surface area contributed by atoms with E-state index in [2.05, 4.69) is 27.7 Å². The Labute approximate surface area is 98.6 Å². The van der Waals surface area contributed by atoms with Gasteiger partial charge in [-0.25, -0.2) is 0 Å². The lowest BCUT2D eigenvalue weighted by Crippen LogP contribution is -2.16. The molecule has 16 heavy (non-hydrogen) atoms. The molecule has 0 saturated heterocycles. The highest BCUT2D eigenvalue weighted by Gasteiger charge is 2.10. The number of hydrogen-bond acceptors (Lipinski definition) is 2. The lowest BCUT2D eigenvalue weighted by molar-refractivity contribution is 0.197. The molecule has 1 aromatic rings. The summed E-state index contributed by atoms with van der Waals surface area (Å²) < 4.78 is 11.2. The maximum Gasteiger partial charge on any atom is 0.119 e. The fraction of sp³-hybridized carbons (Fsp3) is 0.571. The molecule has 1 rings (SSSR count). The summed E-state index contributed by atoms with van der Waals surface area (Å²) in [6, 6.07) is 7.81. The van der Waals surface area contributed by atoms with E-state index in [9.17, 15) is 0 Å². The summed E-state index contributed by atoms with van der Waals surface area (Å²) in [5.41, 5.74) is 0.192. The molecular weight excluding hydrogens is 200 g/mol. The van der Waals surface area contributed by atoms with Crippen LogP contribution in [0.2, 0.25) is 0 Å². The Balaban J connectivity index is 2.45. The van der Waals surface area contributed by atoms with Gasteiger partial charge in [0.1, 0.15) is 11.5 Å². The van der Waals surface area contributed by atoms with Gasteiger partial charge < -0.3 is 9.47 Å². The van der Waals surface area contributed by atoms with Crippen LogP contribution >= 0.6 is 0 Å². The van der Waals surface area contributed by atoms with Gasteiger partial charge in [0, 0.05) is 0 Å². The van der Waals surface area contributed by atoms with E-state index < -0.39 is 0 Å². The molecule has 0 saturated carbocycles. The third kappa shape index (κ3) is 5.06. The molecule has 0 bridgehead atoms. The molecule has 0 aliphatic heterocycles. The second-order valence-corrected chi connectivity index (χ2v) is 5.17. The first-order valence-corrected chi connectivity index (χ1v) is 5.87. The normalized spacial score (nSPS) is 11.2. The first-order valence-electron chi connectivity index (χ1n) is 5.87. The molecule has 0 heterocycles. The molecule has 90 valence electrons. The minimum atomic E-state index is 0.192. The topological polar surface area (TPSA) is 18.5 Å². The van der Waals surface area contributed by atoms with Crippen LogP contribution < -0.4 is 9.47 Å². The van der Waals surface area contributed by atoms with E-state index in [1.54, 1.807) is 0 Å². The molecule has 0 aromatic heterocycles. The summed E-state index contributed by atoms with van der Waals surface area (Å²) in [4.78, 5) is 0. The number of ether oxygens (including phenoxy) is 2. The predicted molar refractivity (Wildman–Crippen MR) is 67.2 cm³/mol. The average Bonchev–Trinajstić information content (AvgIpc) is 2.24. The Kier molecular flexibility index (Phi) is 4.66. The largest absolute Gasteiger partial charge is 0.494 e. The molecular formula is C14H22O2. The predicted octanol–water partition coefficient (Wildman–Crippen LogP) is 3.90. The van der Waals surface area contributed by atoms with Crippen LogP contribution in [-0.4, -0.2) is 13.2 Å². The Bertz CT molecular complexity index is 296. The third-order valence-electron chi connectivity index (χ3n) is 1.97. The summed E-state index contributed by atoms with van der Waals surface area (Å²) in [6.45, 7) is 10.1. The second kappa shape index (κ2) is 5.78. The number of rotatable bonds is 5. The van der Waals surface area contributed by atoms with Crippen LogP contribution in [-0.2, 0) is 0 Å². The van der Waals surface area contributed by atoms with Crippen molar-refractivity contribution in [2.45, 2.75) is 34.1 Å². The Hall–Kier alpha value is -1.18. The van der Waals surface area contributed by atoms with Crippen molar-refractivity contribution >= 4 is 0 Å². The monoisotopic (exact) mass is 222 g/mol. The van der Waals surface area contributed by atoms with Crippen LogP contribution in [0, 0.1) is 5.41 Å². The summed E-state index contributed by atoms with van der Waals surface area (Å²) in [5, 5.41) is 0. The average molecular weight is 222 g/mol. The first kappa shape index (κ1) is 12.9. The summed E-state index contributed by atoms with van der Waals surface area (Å²) >= 11 is 0. The molecule has 2 heteroatoms. The van der Waals surface area contributed by atoms with Crippen LogP contribution in [0.1, 0.15) is 34.1 Å². The third-order valence-corrected chi connectivity index (χ3v) is 1.97. The van der Waals surface area contributed by atoms with Gasteiger partial charge in [-0.05, 0) is 36.1 Å². The molecule has 2 nitrogen and oxygen atoms in total. The van der Waals surface area contributed by atoms with E-state index in [0.29, 0.717) is 0 Å². The van der Waals surface area contributed by atoms with Crippen molar-refractivity contribution in [1.29, 1.82) is 0 Å². The van der Waals surface area contributed by atoms with E-state index >= 15 is 0 Å². The lowest BCUT2D eigenvalue weighted by atomic mass is 9.99. The smallest absolute Gasteiger partial charge is 0.119 e. The minimum absolute atomic E-state index is 0.192. The van der Waals surface area contributed by atoms with Gasteiger partial charge in [-0.1, -0.05) is 27.7 Å². The van der Waals surface area contributed by atoms with E-state index in [0.717, 1.165) is 31.1 Å². The molecule has 0 aliphatic carbocycles. The highest BCUT2D eigenvalue weighted by molar-refractivity contribution is 5.31. The molecule has 0 fully saturated rings. The van der Waals surface area contributed by atoms with Crippen molar-refractivity contribution in [3.8, 4) is 11.5 Å². The van der Waals surface area contributed by atoms with Gasteiger partial charge in [0.15, 0.2) is 0 Å². The highest BCUT2D eigenvalue weighted by Crippen LogP contribution is 2.20. The molecule has 0 aliphatic rings. The van der Waals surface area contributed by atoms with E-state index in [1.807, 2.05) is 24.3 Å². The second-order valence-electron chi connectivity index (χ2n) is 5.17. The number of benzene rings is 1. The SMILES string of the molecule is CCCOc1ccc(OCC(C)(C)C)cc1. The zero-order valence-corrected chi connectivity index (χ0v) is 10.7. The van der Waals surface area contributed by atoms with Crippen molar-refractivity contribution in [2.75, 3.05) is 13.2 Å². The Morgan fingerprint density at radius 1 is 0.938 bits per heavy atom. The van der Waals surface area contributed by atoms with Gasteiger partial charge in [0.05, 0.1) is 13.2 Å². The summed E-state index contributed by atoms with van der Waals surface area (Å²) in [5.74, 6) is 1.81. The van der Waals surface area contributed by atoms with Crippen LogP contribution in [0.3, 0.4) is 0 Å². The quantitative estimate of drug-likeness (QED) is 0.752. The van der Waals surface area contributed by atoms with Crippen LogP contribution in [0.5, 0.6) is 11.5 Å². The highest BCUT2D eigenvalue weighted by atomic mass is 16.5. The van der Waals surface area contributed by atoms with E-state index in [1.165, 1.54) is 0 Å². The zero-order valence-electron chi connectivity index (χ0n) is 10.7. The van der Waals surface area contributed by atoms with Gasteiger partial charge in [0.2, 0.25) is 0 Å². The molecule has 0 atom stereocenters. The van der Waals surface area contributed by atoms with Crippen molar-refractivity contribution in [2.24, 2.45) is 5.41 Å². The van der Waals surface area contributed by atoms with Crippen molar-refractivity contribution in [3.63, 3.8) is 0 Å². The molecule has 0 amide bonds. The van der Waals surface area contributed by atoms with Crippen molar-refractivity contribution < 1.29 is 9.47 Å². The van der Waals surface area contributed by atoms with E-state index in [4.69, 9.17) is 9.47 Å². The van der Waals surface area contributed by atoms with Gasteiger partial charge in [0.25, 0.3) is 0 Å². The van der Waals surface area contributed by atoms with Crippen molar-refractivity contribution in [3.05, 3.63) is 24.3 Å². The molecule has 0 unspecified atom stereocenters. The molecule has 0 radical (unpaired) electrons. The van der Waals surface area contributed by atoms with Gasteiger partial charge in [-0.3, -0.25) is 0 Å².